The van der Waals surface area contributed by atoms with Crippen LogP contribution in [-0.2, 0) is 16.0 Å². The van der Waals surface area contributed by atoms with Crippen molar-refractivity contribution < 1.29 is 13.9 Å². The van der Waals surface area contributed by atoms with Crippen LogP contribution in [0.3, 0.4) is 0 Å². The lowest BCUT2D eigenvalue weighted by atomic mass is 10.0. The number of esters is 1. The average Bonchev–Trinajstić information content (AvgIpc) is 2.66. The number of ether oxygens (including phenoxy) is 1. The van der Waals surface area contributed by atoms with E-state index in [1.807, 2.05) is 33.8 Å². The Kier molecular flexibility index (Phi) is 4.12. The molecule has 1 N–H and O–H groups in total. The molecule has 0 saturated heterocycles. The van der Waals surface area contributed by atoms with Gasteiger partial charge in [-0.1, -0.05) is 0 Å². The molecule has 1 atom stereocenters. The number of hydrogen-bond donors (Lipinski definition) is 1. The van der Waals surface area contributed by atoms with Gasteiger partial charge < -0.3 is 14.5 Å². The molecule has 0 aliphatic carbocycles. The summed E-state index contributed by atoms with van der Waals surface area (Å²) in [5.41, 5.74) is 3.25. The summed E-state index contributed by atoms with van der Waals surface area (Å²) in [7, 11) is 0. The maximum absolute atomic E-state index is 12.3. The highest BCUT2D eigenvalue weighted by Crippen LogP contribution is 2.37. The molecule has 2 heterocycles. The van der Waals surface area contributed by atoms with Crippen LogP contribution in [0.1, 0.15) is 38.6 Å². The fraction of sp³-hybridized carbons (Fsp3) is 0.529. The summed E-state index contributed by atoms with van der Waals surface area (Å²) in [6.07, 6.45) is 1.53. The summed E-state index contributed by atoms with van der Waals surface area (Å²) >= 11 is 3.64. The molecule has 1 aliphatic rings. The topological polar surface area (TPSA) is 64.4 Å². The van der Waals surface area contributed by atoms with Gasteiger partial charge in [0.25, 0.3) is 0 Å². The number of benzene rings is 1. The molecule has 0 bridgehead atoms. The van der Waals surface area contributed by atoms with Crippen LogP contribution in [0.25, 0.3) is 11.1 Å². The molecule has 23 heavy (non-hydrogen) atoms. The summed E-state index contributed by atoms with van der Waals surface area (Å²) in [5.74, 6) is 0.341. The van der Waals surface area contributed by atoms with Gasteiger partial charge in [0.2, 0.25) is 0 Å². The highest BCUT2D eigenvalue weighted by Gasteiger charge is 2.28. The first-order chi connectivity index (χ1) is 10.7. The van der Waals surface area contributed by atoms with Crippen molar-refractivity contribution >= 4 is 38.7 Å². The molecule has 2 aromatic rings. The van der Waals surface area contributed by atoms with E-state index in [0.29, 0.717) is 12.4 Å². The Labute approximate surface area is 143 Å². The number of nitrogens with zero attached hydrogens (tertiary/aromatic N) is 1. The van der Waals surface area contributed by atoms with Gasteiger partial charge in [-0.15, -0.1) is 0 Å². The number of anilines is 1. The molecule has 0 saturated carbocycles. The molecule has 1 aromatic carbocycles. The lowest BCUT2D eigenvalue weighted by Gasteiger charge is -2.23. The first kappa shape index (κ1) is 16.3. The number of aryl methyl sites for hydroxylation is 1. The second kappa shape index (κ2) is 5.82. The van der Waals surface area contributed by atoms with Crippen LogP contribution in [-0.4, -0.2) is 23.1 Å². The number of oxazole rings is 1. The molecule has 124 valence electrons. The number of hydrogen-bond acceptors (Lipinski definition) is 5. The minimum Gasteiger partial charge on any atom is -0.460 e. The van der Waals surface area contributed by atoms with Crippen LogP contribution >= 0.6 is 15.9 Å². The van der Waals surface area contributed by atoms with Crippen LogP contribution < -0.4 is 5.32 Å². The van der Waals surface area contributed by atoms with Crippen LogP contribution in [0.4, 0.5) is 5.69 Å². The Morgan fingerprint density at radius 2 is 2.22 bits per heavy atom. The quantitative estimate of drug-likeness (QED) is 0.750. The minimum atomic E-state index is -0.460. The Hall–Kier alpha value is -1.56. The van der Waals surface area contributed by atoms with Gasteiger partial charge in [-0.25, -0.2) is 4.98 Å². The van der Waals surface area contributed by atoms with E-state index in [2.05, 4.69) is 26.2 Å². The summed E-state index contributed by atoms with van der Waals surface area (Å²) in [5, 5.41) is 3.37. The van der Waals surface area contributed by atoms with Crippen molar-refractivity contribution in [3.05, 3.63) is 22.0 Å². The number of carbonyl (C=O) groups is 1. The highest BCUT2D eigenvalue weighted by atomic mass is 79.9. The van der Waals surface area contributed by atoms with E-state index in [0.717, 1.165) is 39.7 Å². The molecular formula is C17H21BrN2O3. The average molecular weight is 381 g/mol. The van der Waals surface area contributed by atoms with Crippen LogP contribution in [0, 0.1) is 12.8 Å². The minimum absolute atomic E-state index is 0.147. The van der Waals surface area contributed by atoms with Crippen molar-refractivity contribution in [1.82, 2.24) is 4.98 Å². The molecule has 0 fully saturated rings. The van der Waals surface area contributed by atoms with E-state index in [9.17, 15) is 4.79 Å². The smallest absolute Gasteiger partial charge is 0.311 e. The number of fused-ring (bicyclic) bond motifs is 2. The second-order valence-corrected chi connectivity index (χ2v) is 7.74. The normalized spacial score (nSPS) is 18.2. The largest absolute Gasteiger partial charge is 0.460 e. The predicted molar refractivity (Wildman–Crippen MR) is 92.6 cm³/mol. The van der Waals surface area contributed by atoms with Crippen LogP contribution in [0.2, 0.25) is 0 Å². The molecular weight excluding hydrogens is 360 g/mol. The first-order valence-corrected chi connectivity index (χ1v) is 8.59. The molecule has 3 rings (SSSR count). The fourth-order valence-electron chi connectivity index (χ4n) is 2.82. The third-order valence-electron chi connectivity index (χ3n) is 3.86. The van der Waals surface area contributed by atoms with Crippen molar-refractivity contribution in [3.8, 4) is 0 Å². The second-order valence-electron chi connectivity index (χ2n) is 6.95. The summed E-state index contributed by atoms with van der Waals surface area (Å²) in [6, 6.07) is 1.97. The molecule has 5 nitrogen and oxygen atoms in total. The maximum Gasteiger partial charge on any atom is 0.311 e. The molecule has 0 amide bonds. The monoisotopic (exact) mass is 380 g/mol. The van der Waals surface area contributed by atoms with Crippen molar-refractivity contribution in [2.24, 2.45) is 5.92 Å². The molecule has 1 aliphatic heterocycles. The van der Waals surface area contributed by atoms with Gasteiger partial charge >= 0.3 is 5.97 Å². The van der Waals surface area contributed by atoms with Gasteiger partial charge in [0.15, 0.2) is 11.5 Å². The van der Waals surface area contributed by atoms with Gasteiger partial charge in [0, 0.05) is 25.2 Å². The van der Waals surface area contributed by atoms with Gasteiger partial charge in [-0.3, -0.25) is 4.79 Å². The summed E-state index contributed by atoms with van der Waals surface area (Å²) in [4.78, 5) is 16.7. The number of rotatable bonds is 1. The van der Waals surface area contributed by atoms with Crippen LogP contribution in [0.15, 0.2) is 15.0 Å². The van der Waals surface area contributed by atoms with E-state index in [4.69, 9.17) is 9.15 Å². The van der Waals surface area contributed by atoms with E-state index in [-0.39, 0.29) is 11.9 Å². The number of aromatic nitrogens is 1. The van der Waals surface area contributed by atoms with Crippen molar-refractivity contribution in [1.29, 1.82) is 0 Å². The van der Waals surface area contributed by atoms with E-state index >= 15 is 0 Å². The van der Waals surface area contributed by atoms with E-state index in [1.165, 1.54) is 0 Å². The molecule has 0 spiro atoms. The number of carbonyl (C=O) groups excluding carboxylic acids is 1. The zero-order chi connectivity index (χ0) is 16.8. The standard InChI is InChI=1S/C17H21BrN2O3/c1-9-20-15-13(22-9)7-12-11(14(15)18)6-5-10(8-19-12)16(21)23-17(2,3)4/h7,10,19H,5-6,8H2,1-4H3. The van der Waals surface area contributed by atoms with E-state index < -0.39 is 5.60 Å². The van der Waals surface area contributed by atoms with Crippen molar-refractivity contribution in [2.45, 2.75) is 46.1 Å². The zero-order valence-corrected chi connectivity index (χ0v) is 15.4. The fourth-order valence-corrected chi connectivity index (χ4v) is 3.52. The Morgan fingerprint density at radius 1 is 1.48 bits per heavy atom. The van der Waals surface area contributed by atoms with Crippen molar-refractivity contribution in [2.75, 3.05) is 11.9 Å². The Morgan fingerprint density at radius 3 is 2.91 bits per heavy atom. The lowest BCUT2D eigenvalue weighted by Crippen LogP contribution is -2.31. The Bertz CT molecular complexity index is 761. The number of nitrogens with one attached hydrogen (secondary N) is 1. The highest BCUT2D eigenvalue weighted by molar-refractivity contribution is 9.10. The van der Waals surface area contributed by atoms with Gasteiger partial charge in [-0.05, 0) is 55.1 Å². The van der Waals surface area contributed by atoms with E-state index in [1.54, 1.807) is 0 Å². The zero-order valence-electron chi connectivity index (χ0n) is 13.8. The lowest BCUT2D eigenvalue weighted by molar-refractivity contribution is -0.159. The van der Waals surface area contributed by atoms with Gasteiger partial charge in [0.1, 0.15) is 11.1 Å². The van der Waals surface area contributed by atoms with Crippen molar-refractivity contribution in [3.63, 3.8) is 0 Å². The molecule has 0 radical (unpaired) electrons. The molecule has 1 aromatic heterocycles. The first-order valence-electron chi connectivity index (χ1n) is 7.80. The van der Waals surface area contributed by atoms with Gasteiger partial charge in [-0.2, -0.15) is 0 Å². The van der Waals surface area contributed by atoms with Gasteiger partial charge in [0.05, 0.1) is 10.4 Å². The Balaban J connectivity index is 1.86. The third kappa shape index (κ3) is 3.37. The molecule has 6 heteroatoms. The number of halogens is 1. The predicted octanol–water partition coefficient (Wildman–Crippen LogP) is 4.21. The molecule has 1 unspecified atom stereocenters. The summed E-state index contributed by atoms with van der Waals surface area (Å²) in [6.45, 7) is 8.07. The SMILES string of the molecule is Cc1nc2c(Br)c3c(cc2o1)NCC(C(=O)OC(C)(C)C)CC3. The van der Waals surface area contributed by atoms with Crippen LogP contribution in [0.5, 0.6) is 0 Å². The summed E-state index contributed by atoms with van der Waals surface area (Å²) < 4.78 is 12.1. The third-order valence-corrected chi connectivity index (χ3v) is 4.71. The maximum atomic E-state index is 12.3.